The lowest BCUT2D eigenvalue weighted by molar-refractivity contribution is 0.0297. The fraction of sp³-hybridized carbons (Fsp3) is 0.350. The molecule has 7 heteroatoms. The van der Waals surface area contributed by atoms with Crippen molar-refractivity contribution in [3.63, 3.8) is 0 Å². The summed E-state index contributed by atoms with van der Waals surface area (Å²) in [6, 6.07) is 12.6. The molecule has 2 amide bonds. The molecular formula is C20H26N2O5. The topological polar surface area (TPSA) is 89.1 Å². The van der Waals surface area contributed by atoms with Gasteiger partial charge in [-0.15, -0.1) is 0 Å². The zero-order valence-corrected chi connectivity index (χ0v) is 15.8. The second kappa shape index (κ2) is 10.4. The average Bonchev–Trinajstić information content (AvgIpc) is 2.68. The number of carbonyl (C=O) groups excluding carboxylic acids is 1. The highest BCUT2D eigenvalue weighted by Gasteiger charge is 2.14. The lowest BCUT2D eigenvalue weighted by atomic mass is 10.1. The number of urea groups is 1. The monoisotopic (exact) mass is 374 g/mol. The van der Waals surface area contributed by atoms with E-state index in [2.05, 4.69) is 10.6 Å². The standard InChI is InChI=1S/C20H26N2O5/c1-14-4-6-15(7-5-14)19(27-9-8-23)13-21-20(24)22-16-10-17(25-2)12-18(11-16)26-3/h4-7,10-12,19,23H,8-9,13H2,1-3H3,(H2,21,22,24). The maximum absolute atomic E-state index is 12.3. The molecule has 0 aliphatic heterocycles. The number of hydrogen-bond acceptors (Lipinski definition) is 5. The molecule has 0 fully saturated rings. The van der Waals surface area contributed by atoms with E-state index < -0.39 is 0 Å². The highest BCUT2D eigenvalue weighted by molar-refractivity contribution is 5.89. The smallest absolute Gasteiger partial charge is 0.319 e. The molecule has 0 aliphatic rings. The third kappa shape index (κ3) is 6.47. The van der Waals surface area contributed by atoms with Crippen molar-refractivity contribution in [2.24, 2.45) is 0 Å². The minimum absolute atomic E-state index is 0.0852. The van der Waals surface area contributed by atoms with E-state index in [1.165, 1.54) is 0 Å². The van der Waals surface area contributed by atoms with Gasteiger partial charge in [0, 0.05) is 30.4 Å². The lowest BCUT2D eigenvalue weighted by Gasteiger charge is -2.19. The van der Waals surface area contributed by atoms with Crippen molar-refractivity contribution >= 4 is 11.7 Å². The molecular weight excluding hydrogens is 348 g/mol. The van der Waals surface area contributed by atoms with Crippen molar-refractivity contribution in [3.05, 3.63) is 53.6 Å². The maximum Gasteiger partial charge on any atom is 0.319 e. The molecule has 0 saturated carbocycles. The normalized spacial score (nSPS) is 11.6. The van der Waals surface area contributed by atoms with Gasteiger partial charge in [-0.25, -0.2) is 4.79 Å². The van der Waals surface area contributed by atoms with E-state index in [0.29, 0.717) is 17.2 Å². The second-order valence-corrected chi connectivity index (χ2v) is 5.93. The zero-order chi connectivity index (χ0) is 19.6. The summed E-state index contributed by atoms with van der Waals surface area (Å²) in [6.45, 7) is 2.37. The number of aliphatic hydroxyl groups is 1. The van der Waals surface area contributed by atoms with Gasteiger partial charge in [-0.1, -0.05) is 29.8 Å². The van der Waals surface area contributed by atoms with E-state index in [4.69, 9.17) is 19.3 Å². The number of rotatable bonds is 9. The summed E-state index contributed by atoms with van der Waals surface area (Å²) in [5, 5.41) is 14.6. The van der Waals surface area contributed by atoms with Crippen LogP contribution in [0.1, 0.15) is 17.2 Å². The number of anilines is 1. The molecule has 0 spiro atoms. The van der Waals surface area contributed by atoms with Crippen molar-refractivity contribution in [2.75, 3.05) is 39.3 Å². The van der Waals surface area contributed by atoms with Gasteiger partial charge in [-0.05, 0) is 12.5 Å². The summed E-state index contributed by atoms with van der Waals surface area (Å²) in [4.78, 5) is 12.3. The third-order valence-corrected chi connectivity index (χ3v) is 3.92. The molecule has 1 atom stereocenters. The SMILES string of the molecule is COc1cc(NC(=O)NCC(OCCO)c2ccc(C)cc2)cc(OC)c1. The van der Waals surface area contributed by atoms with Crippen LogP contribution in [0.5, 0.6) is 11.5 Å². The molecule has 0 heterocycles. The third-order valence-electron chi connectivity index (χ3n) is 3.92. The first-order valence-electron chi connectivity index (χ1n) is 8.62. The van der Waals surface area contributed by atoms with Gasteiger partial charge in [0.1, 0.15) is 11.5 Å². The Balaban J connectivity index is 1.99. The van der Waals surface area contributed by atoms with Crippen LogP contribution in [-0.2, 0) is 4.74 Å². The van der Waals surface area contributed by atoms with Gasteiger partial charge in [0.25, 0.3) is 0 Å². The summed E-state index contributed by atoms with van der Waals surface area (Å²) in [5.41, 5.74) is 2.61. The van der Waals surface area contributed by atoms with Crippen LogP contribution in [0.2, 0.25) is 0 Å². The molecule has 1 unspecified atom stereocenters. The molecule has 0 aromatic heterocycles. The Morgan fingerprint density at radius 2 is 1.70 bits per heavy atom. The average molecular weight is 374 g/mol. The van der Waals surface area contributed by atoms with E-state index >= 15 is 0 Å². The fourth-order valence-corrected chi connectivity index (χ4v) is 2.49. The quantitative estimate of drug-likeness (QED) is 0.628. The Labute approximate surface area is 159 Å². The first-order valence-corrected chi connectivity index (χ1v) is 8.62. The summed E-state index contributed by atoms with van der Waals surface area (Å²) in [7, 11) is 3.09. The molecule has 0 radical (unpaired) electrons. The largest absolute Gasteiger partial charge is 0.497 e. The van der Waals surface area contributed by atoms with E-state index in [1.54, 1.807) is 32.4 Å². The Morgan fingerprint density at radius 1 is 1.07 bits per heavy atom. The molecule has 2 aromatic rings. The Bertz CT molecular complexity index is 711. The molecule has 0 saturated heterocycles. The molecule has 7 nitrogen and oxygen atoms in total. The first-order chi connectivity index (χ1) is 13.0. The van der Waals surface area contributed by atoms with Crippen molar-refractivity contribution in [3.8, 4) is 11.5 Å². The molecule has 2 rings (SSSR count). The van der Waals surface area contributed by atoms with Crippen LogP contribution in [0.25, 0.3) is 0 Å². The van der Waals surface area contributed by atoms with Crippen LogP contribution in [0.4, 0.5) is 10.5 Å². The van der Waals surface area contributed by atoms with E-state index in [1.807, 2.05) is 31.2 Å². The number of carbonyl (C=O) groups is 1. The van der Waals surface area contributed by atoms with Crippen LogP contribution < -0.4 is 20.1 Å². The summed E-state index contributed by atoms with van der Waals surface area (Å²) < 4.78 is 16.0. The molecule has 3 N–H and O–H groups in total. The van der Waals surface area contributed by atoms with Gasteiger partial charge in [0.15, 0.2) is 0 Å². The minimum Gasteiger partial charge on any atom is -0.497 e. The highest BCUT2D eigenvalue weighted by Crippen LogP contribution is 2.25. The predicted molar refractivity (Wildman–Crippen MR) is 104 cm³/mol. The van der Waals surface area contributed by atoms with Crippen molar-refractivity contribution in [1.82, 2.24) is 5.32 Å². The number of aryl methyl sites for hydroxylation is 1. The van der Waals surface area contributed by atoms with Gasteiger partial charge < -0.3 is 30.0 Å². The molecule has 0 bridgehead atoms. The Kier molecular flexibility index (Phi) is 7.91. The van der Waals surface area contributed by atoms with Crippen molar-refractivity contribution in [2.45, 2.75) is 13.0 Å². The Morgan fingerprint density at radius 3 is 2.26 bits per heavy atom. The number of amides is 2. The van der Waals surface area contributed by atoms with Gasteiger partial charge >= 0.3 is 6.03 Å². The fourth-order valence-electron chi connectivity index (χ4n) is 2.49. The number of ether oxygens (including phenoxy) is 3. The summed E-state index contributed by atoms with van der Waals surface area (Å²) in [5.74, 6) is 1.15. The minimum atomic E-state index is -0.380. The lowest BCUT2D eigenvalue weighted by Crippen LogP contribution is -2.33. The van der Waals surface area contributed by atoms with Crippen molar-refractivity contribution in [1.29, 1.82) is 0 Å². The number of methoxy groups -OCH3 is 2. The predicted octanol–water partition coefficient (Wildman–Crippen LogP) is 2.88. The molecule has 0 aliphatic carbocycles. The number of hydrogen-bond donors (Lipinski definition) is 3. The summed E-state index contributed by atoms with van der Waals surface area (Å²) in [6.07, 6.45) is -0.358. The number of aliphatic hydroxyl groups excluding tert-OH is 1. The van der Waals surface area contributed by atoms with Crippen LogP contribution in [-0.4, -0.2) is 45.1 Å². The van der Waals surface area contributed by atoms with Crippen LogP contribution in [0, 0.1) is 6.92 Å². The van der Waals surface area contributed by atoms with Gasteiger partial charge in [0.05, 0.1) is 33.5 Å². The van der Waals surface area contributed by atoms with Gasteiger partial charge in [-0.3, -0.25) is 0 Å². The molecule has 2 aromatic carbocycles. The van der Waals surface area contributed by atoms with Gasteiger partial charge in [0.2, 0.25) is 0 Å². The van der Waals surface area contributed by atoms with Crippen LogP contribution in [0.15, 0.2) is 42.5 Å². The van der Waals surface area contributed by atoms with Crippen LogP contribution >= 0.6 is 0 Å². The van der Waals surface area contributed by atoms with E-state index in [-0.39, 0.29) is 31.9 Å². The van der Waals surface area contributed by atoms with E-state index in [9.17, 15) is 4.79 Å². The van der Waals surface area contributed by atoms with Gasteiger partial charge in [-0.2, -0.15) is 0 Å². The zero-order valence-electron chi connectivity index (χ0n) is 15.8. The number of benzene rings is 2. The molecule has 27 heavy (non-hydrogen) atoms. The number of nitrogens with one attached hydrogen (secondary N) is 2. The second-order valence-electron chi connectivity index (χ2n) is 5.93. The van der Waals surface area contributed by atoms with Crippen molar-refractivity contribution < 1.29 is 24.1 Å². The van der Waals surface area contributed by atoms with E-state index in [0.717, 1.165) is 11.1 Å². The Hall–Kier alpha value is -2.77. The van der Waals surface area contributed by atoms with Crippen LogP contribution in [0.3, 0.4) is 0 Å². The maximum atomic E-state index is 12.3. The highest BCUT2D eigenvalue weighted by atomic mass is 16.5. The summed E-state index contributed by atoms with van der Waals surface area (Å²) >= 11 is 0. The molecule has 146 valence electrons. The first kappa shape index (κ1) is 20.5.